The summed E-state index contributed by atoms with van der Waals surface area (Å²) in [6.07, 6.45) is 1.70. The van der Waals surface area contributed by atoms with Crippen LogP contribution >= 0.6 is 11.6 Å². The summed E-state index contributed by atoms with van der Waals surface area (Å²) in [5.74, 6) is 0.698. The lowest BCUT2D eigenvalue weighted by molar-refractivity contribution is 0.104. The number of fused-ring (bicyclic) bond motifs is 1. The van der Waals surface area contributed by atoms with Crippen molar-refractivity contribution in [2.75, 3.05) is 6.61 Å². The summed E-state index contributed by atoms with van der Waals surface area (Å²) >= 11 is 6.21. The molecule has 0 aliphatic carbocycles. The molecule has 0 amide bonds. The number of carbonyl (C=O) groups excluding carboxylic acids is 1. The summed E-state index contributed by atoms with van der Waals surface area (Å²) in [4.78, 5) is 15.7. The highest BCUT2D eigenvalue weighted by atomic mass is 35.5. The smallest absolute Gasteiger partial charge is 0.195 e. The first kappa shape index (κ1) is 13.7. The summed E-state index contributed by atoms with van der Waals surface area (Å²) in [7, 11) is 0. The van der Waals surface area contributed by atoms with Gasteiger partial charge in [-0.2, -0.15) is 0 Å². The molecule has 3 aromatic rings. The normalized spacial score (nSPS) is 10.8. The van der Waals surface area contributed by atoms with Crippen LogP contribution in [0.15, 0.2) is 48.7 Å². The minimum Gasteiger partial charge on any atom is -0.494 e. The molecule has 2 aromatic carbocycles. The van der Waals surface area contributed by atoms with Gasteiger partial charge in [0.1, 0.15) is 5.75 Å². The molecular formula is C17H14ClNO2. The molecule has 0 unspecified atom stereocenters. The molecule has 0 atom stereocenters. The van der Waals surface area contributed by atoms with E-state index >= 15 is 0 Å². The first-order valence-electron chi connectivity index (χ1n) is 6.74. The van der Waals surface area contributed by atoms with Gasteiger partial charge in [0.15, 0.2) is 5.78 Å². The molecule has 0 radical (unpaired) electrons. The summed E-state index contributed by atoms with van der Waals surface area (Å²) in [5.41, 5.74) is 2.05. The summed E-state index contributed by atoms with van der Waals surface area (Å²) in [6, 6.07) is 12.7. The lowest BCUT2D eigenvalue weighted by Gasteiger charge is -2.04. The number of nitrogens with one attached hydrogen (secondary N) is 1. The van der Waals surface area contributed by atoms with E-state index in [1.807, 2.05) is 19.1 Å². The Bertz CT molecular complexity index is 790. The number of ketones is 1. The van der Waals surface area contributed by atoms with Crippen molar-refractivity contribution in [1.82, 2.24) is 4.98 Å². The van der Waals surface area contributed by atoms with Gasteiger partial charge in [0.05, 0.1) is 11.6 Å². The van der Waals surface area contributed by atoms with Gasteiger partial charge in [-0.05, 0) is 43.3 Å². The number of hydrogen-bond donors (Lipinski definition) is 1. The number of rotatable bonds is 4. The Morgan fingerprint density at radius 3 is 2.67 bits per heavy atom. The predicted molar refractivity (Wildman–Crippen MR) is 84.4 cm³/mol. The van der Waals surface area contributed by atoms with Crippen LogP contribution in [0.3, 0.4) is 0 Å². The predicted octanol–water partition coefficient (Wildman–Crippen LogP) is 4.45. The van der Waals surface area contributed by atoms with E-state index in [9.17, 15) is 4.79 Å². The summed E-state index contributed by atoms with van der Waals surface area (Å²) < 4.78 is 5.38. The van der Waals surface area contributed by atoms with Gasteiger partial charge >= 0.3 is 0 Å². The number of aromatic amines is 1. The molecule has 0 aliphatic rings. The Balaban J connectivity index is 2.00. The zero-order valence-corrected chi connectivity index (χ0v) is 12.3. The molecule has 4 heteroatoms. The van der Waals surface area contributed by atoms with Crippen molar-refractivity contribution in [2.45, 2.75) is 6.92 Å². The lowest BCUT2D eigenvalue weighted by Crippen LogP contribution is -2.01. The van der Waals surface area contributed by atoms with Crippen LogP contribution in [-0.2, 0) is 0 Å². The first-order valence-corrected chi connectivity index (χ1v) is 7.11. The maximum absolute atomic E-state index is 12.6. The molecule has 0 fully saturated rings. The van der Waals surface area contributed by atoms with Gasteiger partial charge in [-0.25, -0.2) is 0 Å². The SMILES string of the molecule is CCOc1ccc(C(=O)c2c[nH]c3cccc(Cl)c23)cc1. The van der Waals surface area contributed by atoms with Crippen LogP contribution in [0.4, 0.5) is 0 Å². The quantitative estimate of drug-likeness (QED) is 0.723. The van der Waals surface area contributed by atoms with Gasteiger partial charge in [0.25, 0.3) is 0 Å². The fourth-order valence-corrected chi connectivity index (χ4v) is 2.62. The van der Waals surface area contributed by atoms with Crippen LogP contribution in [-0.4, -0.2) is 17.4 Å². The zero-order chi connectivity index (χ0) is 14.8. The second-order valence-corrected chi connectivity index (χ2v) is 5.06. The van der Waals surface area contributed by atoms with Crippen molar-refractivity contribution in [3.05, 3.63) is 64.8 Å². The third-order valence-corrected chi connectivity index (χ3v) is 3.64. The van der Waals surface area contributed by atoms with Gasteiger partial charge in [-0.15, -0.1) is 0 Å². The number of carbonyl (C=O) groups is 1. The second kappa shape index (κ2) is 5.62. The Kier molecular flexibility index (Phi) is 3.67. The molecule has 0 aliphatic heterocycles. The molecule has 0 saturated heterocycles. The number of ether oxygens (including phenoxy) is 1. The molecule has 0 saturated carbocycles. The fraction of sp³-hybridized carbons (Fsp3) is 0.118. The molecular weight excluding hydrogens is 286 g/mol. The van der Waals surface area contributed by atoms with E-state index in [0.29, 0.717) is 22.8 Å². The Hall–Kier alpha value is -2.26. The third-order valence-electron chi connectivity index (χ3n) is 3.33. The van der Waals surface area contributed by atoms with Crippen molar-refractivity contribution < 1.29 is 9.53 Å². The highest BCUT2D eigenvalue weighted by molar-refractivity contribution is 6.37. The van der Waals surface area contributed by atoms with Crippen molar-refractivity contribution in [1.29, 1.82) is 0 Å². The van der Waals surface area contributed by atoms with Crippen molar-refractivity contribution in [3.8, 4) is 5.75 Å². The molecule has 3 nitrogen and oxygen atoms in total. The van der Waals surface area contributed by atoms with E-state index < -0.39 is 0 Å². The largest absolute Gasteiger partial charge is 0.494 e. The van der Waals surface area contributed by atoms with E-state index in [1.54, 1.807) is 36.5 Å². The van der Waals surface area contributed by atoms with Gasteiger partial charge in [0.2, 0.25) is 0 Å². The van der Waals surface area contributed by atoms with Gasteiger partial charge in [-0.3, -0.25) is 4.79 Å². The topological polar surface area (TPSA) is 42.1 Å². The number of hydrogen-bond acceptors (Lipinski definition) is 2. The second-order valence-electron chi connectivity index (χ2n) is 4.65. The third kappa shape index (κ3) is 2.52. The number of halogens is 1. The van der Waals surface area contributed by atoms with E-state index in [0.717, 1.165) is 16.7 Å². The molecule has 1 heterocycles. The van der Waals surface area contributed by atoms with E-state index in [1.165, 1.54) is 0 Å². The van der Waals surface area contributed by atoms with Crippen molar-refractivity contribution in [3.63, 3.8) is 0 Å². The van der Waals surface area contributed by atoms with Crippen LogP contribution in [0.5, 0.6) is 5.75 Å². The Labute approximate surface area is 127 Å². The highest BCUT2D eigenvalue weighted by Crippen LogP contribution is 2.28. The van der Waals surface area contributed by atoms with Gasteiger partial charge in [-0.1, -0.05) is 17.7 Å². The van der Waals surface area contributed by atoms with E-state index in [4.69, 9.17) is 16.3 Å². The highest BCUT2D eigenvalue weighted by Gasteiger charge is 2.16. The molecule has 3 rings (SSSR count). The standard InChI is InChI=1S/C17H14ClNO2/c1-2-21-12-8-6-11(7-9-12)17(20)13-10-19-15-5-3-4-14(18)16(13)15/h3-10,19H,2H2,1H3. The minimum atomic E-state index is -0.0580. The molecule has 1 N–H and O–H groups in total. The van der Waals surface area contributed by atoms with Crippen LogP contribution in [0, 0.1) is 0 Å². The van der Waals surface area contributed by atoms with Crippen LogP contribution in [0.2, 0.25) is 5.02 Å². The first-order chi connectivity index (χ1) is 10.2. The molecule has 0 bridgehead atoms. The van der Waals surface area contributed by atoms with Crippen LogP contribution < -0.4 is 4.74 Å². The number of benzene rings is 2. The van der Waals surface area contributed by atoms with Gasteiger partial charge in [0, 0.05) is 28.2 Å². The molecule has 21 heavy (non-hydrogen) atoms. The summed E-state index contributed by atoms with van der Waals surface area (Å²) in [5, 5.41) is 1.33. The zero-order valence-electron chi connectivity index (χ0n) is 11.5. The van der Waals surface area contributed by atoms with Gasteiger partial charge < -0.3 is 9.72 Å². The lowest BCUT2D eigenvalue weighted by atomic mass is 10.0. The maximum atomic E-state index is 12.6. The molecule has 106 valence electrons. The molecule has 0 spiro atoms. The minimum absolute atomic E-state index is 0.0580. The Morgan fingerprint density at radius 1 is 1.19 bits per heavy atom. The van der Waals surface area contributed by atoms with E-state index in [2.05, 4.69) is 4.98 Å². The van der Waals surface area contributed by atoms with Crippen LogP contribution in [0.1, 0.15) is 22.8 Å². The number of H-pyrrole nitrogens is 1. The average molecular weight is 300 g/mol. The molecule has 1 aromatic heterocycles. The van der Waals surface area contributed by atoms with Crippen molar-refractivity contribution >= 4 is 28.3 Å². The number of aromatic nitrogens is 1. The average Bonchev–Trinajstić information content (AvgIpc) is 2.93. The summed E-state index contributed by atoms with van der Waals surface area (Å²) in [6.45, 7) is 2.53. The maximum Gasteiger partial charge on any atom is 0.195 e. The van der Waals surface area contributed by atoms with Crippen LogP contribution in [0.25, 0.3) is 10.9 Å². The Morgan fingerprint density at radius 2 is 1.95 bits per heavy atom. The van der Waals surface area contributed by atoms with Crippen molar-refractivity contribution in [2.24, 2.45) is 0 Å². The monoisotopic (exact) mass is 299 g/mol. The fourth-order valence-electron chi connectivity index (χ4n) is 2.34. The van der Waals surface area contributed by atoms with E-state index in [-0.39, 0.29) is 5.78 Å².